The fourth-order valence-corrected chi connectivity index (χ4v) is 4.64. The van der Waals surface area contributed by atoms with Crippen molar-refractivity contribution in [2.24, 2.45) is 5.73 Å². The van der Waals surface area contributed by atoms with Gasteiger partial charge in [0.15, 0.2) is 0 Å². The lowest BCUT2D eigenvalue weighted by molar-refractivity contribution is 0.0997. The molecule has 2 aromatic heterocycles. The average Bonchev–Trinajstić information content (AvgIpc) is 3.20. The number of nitrogens with zero attached hydrogens (tertiary/aromatic N) is 2. The number of amides is 1. The average molecular weight is 395 g/mol. The van der Waals surface area contributed by atoms with Crippen molar-refractivity contribution in [3.8, 4) is 6.07 Å². The van der Waals surface area contributed by atoms with Crippen LogP contribution < -0.4 is 11.1 Å². The zero-order valence-corrected chi connectivity index (χ0v) is 16.1. The van der Waals surface area contributed by atoms with E-state index in [0.29, 0.717) is 29.9 Å². The standard InChI is InChI=1S/C20H18N4OS2/c21-12-15-5-2-9-23-20(15)24-10-8-14-4-1-7-17(19(22)25)18(14)27-13-16-6-3-11-26-16/h1-7,9,11H,8,10,13H2,(H2,22,25)(H,23,24). The number of pyridine rings is 1. The Labute approximate surface area is 166 Å². The first-order chi connectivity index (χ1) is 13.2. The highest BCUT2D eigenvalue weighted by atomic mass is 32.2. The second kappa shape index (κ2) is 9.21. The number of carbonyl (C=O) groups is 1. The van der Waals surface area contributed by atoms with Gasteiger partial charge in [0.05, 0.1) is 11.1 Å². The van der Waals surface area contributed by atoms with Gasteiger partial charge in [0.1, 0.15) is 11.9 Å². The normalized spacial score (nSPS) is 10.3. The topological polar surface area (TPSA) is 91.8 Å². The molecule has 0 bridgehead atoms. The molecule has 3 rings (SSSR count). The van der Waals surface area contributed by atoms with Gasteiger partial charge < -0.3 is 11.1 Å². The first kappa shape index (κ1) is 19.0. The quantitative estimate of drug-likeness (QED) is 0.562. The third-order valence-electron chi connectivity index (χ3n) is 3.92. The Balaban J connectivity index is 1.74. The van der Waals surface area contributed by atoms with Crippen LogP contribution in [0.15, 0.2) is 58.9 Å². The number of anilines is 1. The molecule has 0 fully saturated rings. The van der Waals surface area contributed by atoms with E-state index in [1.807, 2.05) is 23.6 Å². The van der Waals surface area contributed by atoms with Crippen LogP contribution in [-0.4, -0.2) is 17.4 Å². The molecule has 0 aliphatic heterocycles. The molecule has 3 aromatic rings. The molecule has 0 spiro atoms. The summed E-state index contributed by atoms with van der Waals surface area (Å²) < 4.78 is 0. The van der Waals surface area contributed by atoms with E-state index in [0.717, 1.165) is 16.2 Å². The van der Waals surface area contributed by atoms with Gasteiger partial charge in [-0.05, 0) is 41.6 Å². The predicted molar refractivity (Wildman–Crippen MR) is 110 cm³/mol. The zero-order chi connectivity index (χ0) is 19.1. The monoisotopic (exact) mass is 394 g/mol. The third kappa shape index (κ3) is 4.88. The Morgan fingerprint density at radius 1 is 1.26 bits per heavy atom. The summed E-state index contributed by atoms with van der Waals surface area (Å²) in [6.45, 7) is 0.598. The number of hydrogen-bond donors (Lipinski definition) is 2. The van der Waals surface area contributed by atoms with Crippen molar-refractivity contribution in [2.75, 3.05) is 11.9 Å². The van der Waals surface area contributed by atoms with Crippen LogP contribution in [0.5, 0.6) is 0 Å². The minimum atomic E-state index is -0.421. The molecule has 0 atom stereocenters. The number of nitrogens with one attached hydrogen (secondary N) is 1. The van der Waals surface area contributed by atoms with E-state index < -0.39 is 5.91 Å². The molecule has 1 aromatic carbocycles. The lowest BCUT2D eigenvalue weighted by Crippen LogP contribution is -2.14. The molecular weight excluding hydrogens is 376 g/mol. The summed E-state index contributed by atoms with van der Waals surface area (Å²) in [4.78, 5) is 18.2. The van der Waals surface area contributed by atoms with Crippen molar-refractivity contribution in [1.29, 1.82) is 5.26 Å². The van der Waals surface area contributed by atoms with Crippen molar-refractivity contribution in [3.63, 3.8) is 0 Å². The van der Waals surface area contributed by atoms with E-state index >= 15 is 0 Å². The highest BCUT2D eigenvalue weighted by Crippen LogP contribution is 2.31. The highest BCUT2D eigenvalue weighted by molar-refractivity contribution is 7.98. The fourth-order valence-electron chi connectivity index (χ4n) is 2.64. The lowest BCUT2D eigenvalue weighted by atomic mass is 10.1. The SMILES string of the molecule is N#Cc1cccnc1NCCc1cccc(C(N)=O)c1SCc1cccs1. The second-order valence-corrected chi connectivity index (χ2v) is 7.73. The van der Waals surface area contributed by atoms with Gasteiger partial charge in [0.25, 0.3) is 0 Å². The summed E-state index contributed by atoms with van der Waals surface area (Å²) in [6.07, 6.45) is 2.34. The summed E-state index contributed by atoms with van der Waals surface area (Å²) in [6, 6.07) is 15.3. The molecule has 27 heavy (non-hydrogen) atoms. The van der Waals surface area contributed by atoms with Gasteiger partial charge in [0.2, 0.25) is 5.91 Å². The van der Waals surface area contributed by atoms with Gasteiger partial charge >= 0.3 is 0 Å². The number of hydrogen-bond acceptors (Lipinski definition) is 6. The van der Waals surface area contributed by atoms with Gasteiger partial charge in [-0.3, -0.25) is 4.79 Å². The Kier molecular flexibility index (Phi) is 6.47. The van der Waals surface area contributed by atoms with Crippen LogP contribution in [0.4, 0.5) is 5.82 Å². The Hall–Kier alpha value is -2.82. The molecule has 136 valence electrons. The fraction of sp³-hybridized carbons (Fsp3) is 0.150. The molecule has 1 amide bonds. The Morgan fingerprint density at radius 2 is 2.15 bits per heavy atom. The van der Waals surface area contributed by atoms with E-state index in [1.54, 1.807) is 47.5 Å². The summed E-state index contributed by atoms with van der Waals surface area (Å²) >= 11 is 3.32. The van der Waals surface area contributed by atoms with Crippen LogP contribution in [0.3, 0.4) is 0 Å². The third-order valence-corrected chi connectivity index (χ3v) is 6.20. The van der Waals surface area contributed by atoms with Gasteiger partial charge in [-0.2, -0.15) is 5.26 Å². The number of carbonyl (C=O) groups excluding carboxylic acids is 1. The molecule has 0 radical (unpaired) electrons. The molecule has 0 saturated carbocycles. The first-order valence-electron chi connectivity index (χ1n) is 8.35. The molecule has 0 aliphatic carbocycles. The van der Waals surface area contributed by atoms with Crippen molar-refractivity contribution < 1.29 is 4.79 Å². The van der Waals surface area contributed by atoms with E-state index in [4.69, 9.17) is 11.0 Å². The summed E-state index contributed by atoms with van der Waals surface area (Å²) in [5, 5.41) is 14.4. The van der Waals surface area contributed by atoms with Crippen LogP contribution in [-0.2, 0) is 12.2 Å². The van der Waals surface area contributed by atoms with E-state index in [-0.39, 0.29) is 0 Å². The largest absolute Gasteiger partial charge is 0.369 e. The van der Waals surface area contributed by atoms with Crippen LogP contribution in [0.25, 0.3) is 0 Å². The molecule has 7 heteroatoms. The maximum Gasteiger partial charge on any atom is 0.249 e. The van der Waals surface area contributed by atoms with Crippen molar-refractivity contribution >= 4 is 34.8 Å². The lowest BCUT2D eigenvalue weighted by Gasteiger charge is -2.13. The molecular formula is C20H18N4OS2. The van der Waals surface area contributed by atoms with E-state index in [9.17, 15) is 4.79 Å². The molecule has 2 heterocycles. The molecule has 0 saturated heterocycles. The number of aromatic nitrogens is 1. The Morgan fingerprint density at radius 3 is 2.89 bits per heavy atom. The maximum absolute atomic E-state index is 11.9. The van der Waals surface area contributed by atoms with Crippen LogP contribution in [0.2, 0.25) is 0 Å². The number of thiophene rings is 1. The van der Waals surface area contributed by atoms with Crippen LogP contribution >= 0.6 is 23.1 Å². The van der Waals surface area contributed by atoms with Crippen LogP contribution in [0.1, 0.15) is 26.4 Å². The number of thioether (sulfide) groups is 1. The number of primary amides is 1. The highest BCUT2D eigenvalue weighted by Gasteiger charge is 2.14. The first-order valence-corrected chi connectivity index (χ1v) is 10.2. The number of nitrogens with two attached hydrogens (primary N) is 1. The van der Waals surface area contributed by atoms with Gasteiger partial charge in [0, 0.05) is 28.3 Å². The number of rotatable bonds is 8. The Bertz CT molecular complexity index is 964. The smallest absolute Gasteiger partial charge is 0.249 e. The zero-order valence-electron chi connectivity index (χ0n) is 14.5. The van der Waals surface area contributed by atoms with Crippen LogP contribution in [0, 0.1) is 11.3 Å². The molecule has 3 N–H and O–H groups in total. The van der Waals surface area contributed by atoms with E-state index in [2.05, 4.69) is 22.4 Å². The predicted octanol–water partition coefficient (Wildman–Crippen LogP) is 4.06. The number of nitriles is 1. The molecule has 0 aliphatic rings. The van der Waals surface area contributed by atoms with Gasteiger partial charge in [-0.1, -0.05) is 18.2 Å². The summed E-state index contributed by atoms with van der Waals surface area (Å²) in [7, 11) is 0. The number of benzene rings is 1. The van der Waals surface area contributed by atoms with E-state index in [1.165, 1.54) is 4.88 Å². The van der Waals surface area contributed by atoms with Gasteiger partial charge in [-0.15, -0.1) is 23.1 Å². The van der Waals surface area contributed by atoms with Crippen molar-refractivity contribution in [1.82, 2.24) is 4.98 Å². The second-order valence-electron chi connectivity index (χ2n) is 5.71. The molecule has 0 unspecified atom stereocenters. The van der Waals surface area contributed by atoms with Gasteiger partial charge in [-0.25, -0.2) is 4.98 Å². The maximum atomic E-state index is 11.9. The minimum absolute atomic E-state index is 0.421. The molecule has 5 nitrogen and oxygen atoms in total. The summed E-state index contributed by atoms with van der Waals surface area (Å²) in [5.74, 6) is 0.940. The minimum Gasteiger partial charge on any atom is -0.369 e. The van der Waals surface area contributed by atoms with Crippen molar-refractivity contribution in [2.45, 2.75) is 17.1 Å². The summed E-state index contributed by atoms with van der Waals surface area (Å²) in [5.41, 5.74) is 7.69. The van der Waals surface area contributed by atoms with Crippen molar-refractivity contribution in [3.05, 3.63) is 75.6 Å².